The van der Waals surface area contributed by atoms with E-state index in [0.717, 1.165) is 30.1 Å². The van der Waals surface area contributed by atoms with Crippen molar-refractivity contribution in [1.82, 2.24) is 5.43 Å². The molecule has 0 saturated carbocycles. The number of ether oxygens (including phenoxy) is 2. The number of amides is 1. The summed E-state index contributed by atoms with van der Waals surface area (Å²) in [6.45, 7) is 2.02. The van der Waals surface area contributed by atoms with Gasteiger partial charge in [-0.2, -0.15) is 5.10 Å². The molecule has 3 rings (SSSR count). The van der Waals surface area contributed by atoms with E-state index in [2.05, 4.69) is 31.4 Å². The van der Waals surface area contributed by atoms with Crippen LogP contribution in [0.15, 0.2) is 46.0 Å². The van der Waals surface area contributed by atoms with E-state index >= 15 is 0 Å². The number of hydrogen-bond donors (Lipinski definition) is 1. The van der Waals surface area contributed by atoms with Gasteiger partial charge in [0.2, 0.25) is 0 Å². The second-order valence-electron chi connectivity index (χ2n) is 6.14. The summed E-state index contributed by atoms with van der Waals surface area (Å²) in [6.07, 6.45) is 3.91. The summed E-state index contributed by atoms with van der Waals surface area (Å²) in [4.78, 5) is 14.5. The number of nitrogens with one attached hydrogen (secondary N) is 1. The summed E-state index contributed by atoms with van der Waals surface area (Å²) < 4.78 is 11.8. The van der Waals surface area contributed by atoms with Crippen LogP contribution in [0.5, 0.6) is 11.5 Å². The van der Waals surface area contributed by atoms with E-state index < -0.39 is 0 Å². The number of hydrazone groups is 1. The monoisotopic (exact) mass is 431 g/mol. The molecule has 0 atom stereocenters. The van der Waals surface area contributed by atoms with Gasteiger partial charge in [-0.05, 0) is 47.0 Å². The molecule has 1 aliphatic rings. The third-order valence-corrected chi connectivity index (χ3v) is 5.16. The fraction of sp³-hybridized carbons (Fsp3) is 0.300. The standard InChI is InChI=1S/C20H22BrN3O3/c1-26-18-12-17(24-9-5-6-10-24)19(27-2)11-14(18)13-22-23-20(25)15-7-3-4-8-16(15)21/h3-4,7-8,11-13H,5-6,9-10H2,1-2H3,(H,23,25)/b22-13-. The second-order valence-corrected chi connectivity index (χ2v) is 6.99. The minimum absolute atomic E-state index is 0.293. The van der Waals surface area contributed by atoms with E-state index in [1.165, 1.54) is 12.8 Å². The van der Waals surface area contributed by atoms with Gasteiger partial charge in [0, 0.05) is 29.2 Å². The first-order valence-corrected chi connectivity index (χ1v) is 9.52. The molecule has 0 aromatic heterocycles. The van der Waals surface area contributed by atoms with Gasteiger partial charge >= 0.3 is 0 Å². The first-order valence-electron chi connectivity index (χ1n) is 8.73. The van der Waals surface area contributed by atoms with Gasteiger partial charge in [-0.3, -0.25) is 4.79 Å². The minimum atomic E-state index is -0.293. The van der Waals surface area contributed by atoms with E-state index in [-0.39, 0.29) is 5.91 Å². The maximum atomic E-state index is 12.2. The number of carbonyl (C=O) groups excluding carboxylic acids is 1. The predicted molar refractivity (Wildman–Crippen MR) is 110 cm³/mol. The van der Waals surface area contributed by atoms with Crippen LogP contribution in [0.2, 0.25) is 0 Å². The molecular formula is C20H22BrN3O3. The number of nitrogens with zero attached hydrogens (tertiary/aromatic N) is 2. The number of anilines is 1. The van der Waals surface area contributed by atoms with Crippen LogP contribution in [-0.2, 0) is 0 Å². The van der Waals surface area contributed by atoms with Crippen molar-refractivity contribution < 1.29 is 14.3 Å². The van der Waals surface area contributed by atoms with Gasteiger partial charge < -0.3 is 14.4 Å². The maximum absolute atomic E-state index is 12.2. The van der Waals surface area contributed by atoms with Crippen LogP contribution in [0.1, 0.15) is 28.8 Å². The number of hydrogen-bond acceptors (Lipinski definition) is 5. The number of halogens is 1. The number of rotatable bonds is 6. The first-order chi connectivity index (χ1) is 13.1. The minimum Gasteiger partial charge on any atom is -0.496 e. The van der Waals surface area contributed by atoms with E-state index in [1.807, 2.05) is 24.3 Å². The summed E-state index contributed by atoms with van der Waals surface area (Å²) in [5, 5.41) is 4.08. The van der Waals surface area contributed by atoms with Crippen molar-refractivity contribution in [3.05, 3.63) is 52.0 Å². The van der Waals surface area contributed by atoms with Crippen LogP contribution < -0.4 is 19.8 Å². The molecule has 1 saturated heterocycles. The van der Waals surface area contributed by atoms with Gasteiger partial charge in [0.25, 0.3) is 5.91 Å². The zero-order valence-corrected chi connectivity index (χ0v) is 17.0. The first kappa shape index (κ1) is 19.2. The summed E-state index contributed by atoms with van der Waals surface area (Å²) in [6, 6.07) is 11.0. The summed E-state index contributed by atoms with van der Waals surface area (Å²) >= 11 is 3.36. The fourth-order valence-corrected chi connectivity index (χ4v) is 3.54. The molecule has 6 nitrogen and oxygen atoms in total. The molecule has 2 aromatic carbocycles. The van der Waals surface area contributed by atoms with E-state index in [9.17, 15) is 4.79 Å². The largest absolute Gasteiger partial charge is 0.496 e. The van der Waals surface area contributed by atoms with Crippen molar-refractivity contribution in [1.29, 1.82) is 0 Å². The van der Waals surface area contributed by atoms with Crippen molar-refractivity contribution in [3.8, 4) is 11.5 Å². The molecule has 1 heterocycles. The fourth-order valence-electron chi connectivity index (χ4n) is 3.08. The van der Waals surface area contributed by atoms with Gasteiger partial charge in [0.15, 0.2) is 0 Å². The maximum Gasteiger partial charge on any atom is 0.272 e. The zero-order chi connectivity index (χ0) is 19.2. The molecule has 0 spiro atoms. The Kier molecular flexibility index (Phi) is 6.34. The third-order valence-electron chi connectivity index (χ3n) is 4.47. The highest BCUT2D eigenvalue weighted by molar-refractivity contribution is 9.10. The van der Waals surface area contributed by atoms with Gasteiger partial charge in [-0.15, -0.1) is 0 Å². The van der Waals surface area contributed by atoms with Crippen molar-refractivity contribution in [2.75, 3.05) is 32.2 Å². The Morgan fingerprint density at radius 2 is 1.85 bits per heavy atom. The number of benzene rings is 2. The Morgan fingerprint density at radius 3 is 2.52 bits per heavy atom. The van der Waals surface area contributed by atoms with Gasteiger partial charge in [0.05, 0.1) is 31.7 Å². The Bertz CT molecular complexity index is 848. The van der Waals surface area contributed by atoms with Crippen LogP contribution in [0.25, 0.3) is 0 Å². The molecule has 7 heteroatoms. The van der Waals surface area contributed by atoms with Gasteiger partial charge in [-0.1, -0.05) is 12.1 Å². The number of carbonyl (C=O) groups is 1. The Morgan fingerprint density at radius 1 is 1.15 bits per heavy atom. The second kappa shape index (κ2) is 8.90. The van der Waals surface area contributed by atoms with Crippen LogP contribution in [-0.4, -0.2) is 39.4 Å². The van der Waals surface area contributed by atoms with Crippen LogP contribution in [0.3, 0.4) is 0 Å². The SMILES string of the molecule is COc1cc(N2CCCC2)c(OC)cc1/C=N\NC(=O)c1ccccc1Br. The Balaban J connectivity index is 1.80. The van der Waals surface area contributed by atoms with Crippen LogP contribution >= 0.6 is 15.9 Å². The van der Waals surface area contributed by atoms with Crippen molar-refractivity contribution in [2.24, 2.45) is 5.10 Å². The highest BCUT2D eigenvalue weighted by Gasteiger charge is 2.19. The third kappa shape index (κ3) is 4.42. The average Bonchev–Trinajstić information content (AvgIpc) is 3.22. The Labute approximate surface area is 167 Å². The molecule has 2 aromatic rings. The van der Waals surface area contributed by atoms with Crippen molar-refractivity contribution >= 4 is 33.7 Å². The molecule has 1 N–H and O–H groups in total. The van der Waals surface area contributed by atoms with Crippen LogP contribution in [0, 0.1) is 0 Å². The average molecular weight is 432 g/mol. The van der Waals surface area contributed by atoms with E-state index in [1.54, 1.807) is 32.6 Å². The Hall–Kier alpha value is -2.54. The molecule has 27 heavy (non-hydrogen) atoms. The predicted octanol–water partition coefficient (Wildman–Crippen LogP) is 3.83. The molecule has 1 fully saturated rings. The topological polar surface area (TPSA) is 63.2 Å². The molecule has 0 unspecified atom stereocenters. The molecule has 1 aliphatic heterocycles. The summed E-state index contributed by atoms with van der Waals surface area (Å²) in [5.74, 6) is 1.14. The van der Waals surface area contributed by atoms with Gasteiger partial charge in [0.1, 0.15) is 11.5 Å². The molecule has 0 bridgehead atoms. The lowest BCUT2D eigenvalue weighted by molar-refractivity contribution is 0.0954. The molecule has 0 aliphatic carbocycles. The lowest BCUT2D eigenvalue weighted by Gasteiger charge is -2.22. The highest BCUT2D eigenvalue weighted by atomic mass is 79.9. The number of methoxy groups -OCH3 is 2. The van der Waals surface area contributed by atoms with Crippen molar-refractivity contribution in [2.45, 2.75) is 12.8 Å². The van der Waals surface area contributed by atoms with Crippen LogP contribution in [0.4, 0.5) is 5.69 Å². The molecule has 0 radical (unpaired) electrons. The molecule has 1 amide bonds. The normalized spacial score (nSPS) is 13.8. The summed E-state index contributed by atoms with van der Waals surface area (Å²) in [5.41, 5.74) is 4.80. The van der Waals surface area contributed by atoms with Crippen molar-refractivity contribution in [3.63, 3.8) is 0 Å². The van der Waals surface area contributed by atoms with E-state index in [0.29, 0.717) is 15.8 Å². The zero-order valence-electron chi connectivity index (χ0n) is 15.4. The molecule has 142 valence electrons. The molecular weight excluding hydrogens is 410 g/mol. The lowest BCUT2D eigenvalue weighted by atomic mass is 10.1. The van der Waals surface area contributed by atoms with Gasteiger partial charge in [-0.25, -0.2) is 5.43 Å². The summed E-state index contributed by atoms with van der Waals surface area (Å²) in [7, 11) is 3.27. The smallest absolute Gasteiger partial charge is 0.272 e. The van der Waals surface area contributed by atoms with E-state index in [4.69, 9.17) is 9.47 Å². The quantitative estimate of drug-likeness (QED) is 0.557. The highest BCUT2D eigenvalue weighted by Crippen LogP contribution is 2.36. The lowest BCUT2D eigenvalue weighted by Crippen LogP contribution is -2.19.